The Balaban J connectivity index is 0.970. The number of ether oxygens (including phenoxy) is 4. The van der Waals surface area contributed by atoms with Gasteiger partial charge in [0.25, 0.3) is 14.4 Å². The number of rotatable bonds is 15. The molecule has 1 amide bonds. The van der Waals surface area contributed by atoms with Gasteiger partial charge in [-0.15, -0.1) is 0 Å². The Hall–Kier alpha value is -4.78. The van der Waals surface area contributed by atoms with Gasteiger partial charge in [-0.05, 0) is 37.4 Å². The lowest BCUT2D eigenvalue weighted by atomic mass is 9.96. The van der Waals surface area contributed by atoms with Crippen LogP contribution in [0.25, 0.3) is 11.2 Å². The molecule has 2 bridgehead atoms. The maximum absolute atomic E-state index is 13.0. The average molecular weight is 820 g/mol. The van der Waals surface area contributed by atoms with Crippen molar-refractivity contribution in [3.05, 3.63) is 97.3 Å². The van der Waals surface area contributed by atoms with Crippen LogP contribution in [0.2, 0.25) is 12.6 Å². The summed E-state index contributed by atoms with van der Waals surface area (Å²) in [4.78, 5) is 26.8. The number of nitriles is 1. The first-order valence-electron chi connectivity index (χ1n) is 19.9. The monoisotopic (exact) mass is 819 g/mol. The van der Waals surface area contributed by atoms with E-state index in [1.165, 1.54) is 10.4 Å². The number of amides is 1. The topological polar surface area (TPSA) is 155 Å². The first-order valence-corrected chi connectivity index (χ1v) is 23.8. The van der Waals surface area contributed by atoms with Crippen LogP contribution in [0.5, 0.6) is 11.6 Å². The lowest BCUT2D eigenvalue weighted by molar-refractivity contribution is -0.172. The van der Waals surface area contributed by atoms with Crippen LogP contribution in [0.4, 0.5) is 5.95 Å². The van der Waals surface area contributed by atoms with Crippen molar-refractivity contribution in [3.8, 4) is 17.7 Å². The lowest BCUT2D eigenvalue weighted by Crippen LogP contribution is -2.58. The molecule has 0 aliphatic carbocycles. The van der Waals surface area contributed by atoms with Crippen molar-refractivity contribution in [3.63, 3.8) is 0 Å². The van der Waals surface area contributed by atoms with Crippen molar-refractivity contribution in [1.82, 2.24) is 24.2 Å². The molecule has 300 valence electrons. The molecule has 7 atom stereocenters. The smallest absolute Gasteiger partial charge is 0.264 e. The van der Waals surface area contributed by atoms with Gasteiger partial charge in [0.1, 0.15) is 38.2 Å². The Labute approximate surface area is 339 Å². The molecule has 4 saturated heterocycles. The van der Waals surface area contributed by atoms with Gasteiger partial charge in [0.15, 0.2) is 24.0 Å². The van der Waals surface area contributed by atoms with E-state index in [-0.39, 0.29) is 43.6 Å². The maximum atomic E-state index is 13.0. The quantitative estimate of drug-likeness (QED) is 0.0797. The number of benzene rings is 3. The molecule has 1 N–H and O–H groups in total. The second-order valence-corrected chi connectivity index (χ2v) is 21.0. The van der Waals surface area contributed by atoms with E-state index in [9.17, 15) is 10.1 Å². The molecule has 3 aromatic carbocycles. The molecule has 1 unspecified atom stereocenters. The highest BCUT2D eigenvalue weighted by Crippen LogP contribution is 2.61. The first-order chi connectivity index (χ1) is 28.4. The van der Waals surface area contributed by atoms with E-state index in [1.807, 2.05) is 18.2 Å². The van der Waals surface area contributed by atoms with Gasteiger partial charge in [-0.25, -0.2) is 9.65 Å². The van der Waals surface area contributed by atoms with Crippen molar-refractivity contribution in [2.45, 2.75) is 81.4 Å². The number of fused-ring (bicyclic) bond motifs is 4. The van der Waals surface area contributed by atoms with Crippen LogP contribution >= 0.6 is 8.53 Å². The van der Waals surface area contributed by atoms with Crippen LogP contribution in [0.3, 0.4) is 0 Å². The summed E-state index contributed by atoms with van der Waals surface area (Å²) in [6.45, 7) is 5.69. The summed E-state index contributed by atoms with van der Waals surface area (Å²) in [5, 5.41) is 14.7. The summed E-state index contributed by atoms with van der Waals surface area (Å²) in [6.07, 6.45) is 3.06. The minimum atomic E-state index is -2.19. The van der Waals surface area contributed by atoms with E-state index >= 15 is 0 Å². The number of para-hydroxylation sites is 1. The van der Waals surface area contributed by atoms with Crippen molar-refractivity contribution in [2.24, 2.45) is 0 Å². The van der Waals surface area contributed by atoms with Gasteiger partial charge in [-0.1, -0.05) is 103 Å². The Morgan fingerprint density at radius 2 is 1.76 bits per heavy atom. The number of carbonyl (C=O) groups is 1. The molecule has 14 nitrogen and oxygen atoms in total. The summed E-state index contributed by atoms with van der Waals surface area (Å²) < 4.78 is 43.4. The van der Waals surface area contributed by atoms with Crippen molar-refractivity contribution >= 4 is 50.0 Å². The number of nitrogens with one attached hydrogen (secondary N) is 1. The van der Waals surface area contributed by atoms with Crippen LogP contribution in [0.15, 0.2) is 97.3 Å². The number of nitrogens with zero attached hydrogens (tertiary/aromatic N) is 6. The third-order valence-corrected chi connectivity index (χ3v) is 18.0. The summed E-state index contributed by atoms with van der Waals surface area (Å²) in [7, 11) is -3.59. The highest BCUT2D eigenvalue weighted by Gasteiger charge is 2.64. The van der Waals surface area contributed by atoms with E-state index in [0.29, 0.717) is 29.9 Å². The molecule has 4 aliphatic rings. The number of carbonyl (C=O) groups excluding carboxylic acids is 1. The fourth-order valence-electron chi connectivity index (χ4n) is 8.73. The van der Waals surface area contributed by atoms with E-state index in [4.69, 9.17) is 33.0 Å². The van der Waals surface area contributed by atoms with Crippen molar-refractivity contribution in [1.29, 1.82) is 5.26 Å². The SMILES string of the molecule is CC[C@]12CO[C@@H](C1O[P@]1O[C@@H](C[Si](C)(c3ccccc3)c3ccccc3)[C@H]3CCCN31)[C@H](n1cnc3c(OCCC#N)nc(NC(=O)COc4ccccc4)nc31)O2. The third kappa shape index (κ3) is 7.28. The van der Waals surface area contributed by atoms with Gasteiger partial charge < -0.3 is 28.0 Å². The second-order valence-electron chi connectivity index (χ2n) is 15.3. The normalized spacial score (nSPS) is 26.4. The maximum Gasteiger partial charge on any atom is 0.264 e. The number of anilines is 1. The number of imidazole rings is 1. The molecule has 0 saturated carbocycles. The molecule has 6 heterocycles. The number of aromatic nitrogens is 4. The molecule has 4 fully saturated rings. The highest BCUT2D eigenvalue weighted by molar-refractivity contribution is 7.45. The Kier molecular flexibility index (Phi) is 11.0. The molecule has 9 rings (SSSR count). The molecule has 58 heavy (non-hydrogen) atoms. The number of hydrogen-bond acceptors (Lipinski definition) is 12. The molecule has 2 aromatic heterocycles. The molecular formula is C42H46N7O7PSi. The predicted octanol–water partition coefficient (Wildman–Crippen LogP) is 5.58. The number of hydrogen-bond donors (Lipinski definition) is 1. The zero-order valence-electron chi connectivity index (χ0n) is 32.5. The Bertz CT molecular complexity index is 2230. The zero-order chi connectivity index (χ0) is 39.7. The van der Waals surface area contributed by atoms with E-state index < -0.39 is 46.5 Å². The minimum Gasteiger partial charge on any atom is -0.484 e. The fourth-order valence-corrected chi connectivity index (χ4v) is 14.8. The van der Waals surface area contributed by atoms with Gasteiger partial charge in [0, 0.05) is 12.6 Å². The summed E-state index contributed by atoms with van der Waals surface area (Å²) >= 11 is 0. The van der Waals surface area contributed by atoms with E-state index in [1.54, 1.807) is 23.0 Å². The fraction of sp³-hybridized carbons (Fsp3) is 0.405. The average Bonchev–Trinajstić information content (AvgIpc) is 4.10. The van der Waals surface area contributed by atoms with Crippen LogP contribution in [0, 0.1) is 11.3 Å². The Morgan fingerprint density at radius 3 is 2.47 bits per heavy atom. The van der Waals surface area contributed by atoms with Crippen molar-refractivity contribution < 1.29 is 32.8 Å². The minimum absolute atomic E-state index is 0.000402. The zero-order valence-corrected chi connectivity index (χ0v) is 34.4. The van der Waals surface area contributed by atoms with Gasteiger partial charge >= 0.3 is 0 Å². The predicted molar refractivity (Wildman–Crippen MR) is 219 cm³/mol. The highest BCUT2D eigenvalue weighted by atomic mass is 31.2. The van der Waals surface area contributed by atoms with E-state index in [0.717, 1.165) is 25.4 Å². The van der Waals surface area contributed by atoms with Gasteiger partial charge in [-0.2, -0.15) is 15.2 Å². The Morgan fingerprint density at radius 1 is 1.03 bits per heavy atom. The second kappa shape index (κ2) is 16.5. The first kappa shape index (κ1) is 38.7. The largest absolute Gasteiger partial charge is 0.484 e. The molecule has 4 aliphatic heterocycles. The van der Waals surface area contributed by atoms with Crippen LogP contribution in [-0.2, 0) is 23.3 Å². The van der Waals surface area contributed by atoms with Gasteiger partial charge in [0.2, 0.25) is 11.8 Å². The molecule has 5 aromatic rings. The van der Waals surface area contributed by atoms with E-state index in [2.05, 4.69) is 100 Å². The summed E-state index contributed by atoms with van der Waals surface area (Å²) in [5.74, 6) is 0.238. The van der Waals surface area contributed by atoms with Crippen LogP contribution in [-0.4, -0.2) is 94.5 Å². The lowest BCUT2D eigenvalue weighted by Gasteiger charge is -2.32. The standard InChI is InChI=1S/C42H46N7O7PSi/c1-3-42-27-53-36(37(42)56-57-49-23-13-21-32(49)33(55-57)26-58(2,30-17-9-5-10-18-30)31-19-11-6-12-20-31)40(54-42)48-28-44-35-38(48)46-41(47-39(35)51-24-14-22-43)45-34(50)25-52-29-15-7-4-8-16-29/h4-12,15-20,28,32-33,36-37,40H,3,13-14,21,23-27H2,1-2H3,(H,45,46,47,50)/t32-,33+,36+,37?,40-,42+,57+/m1/s1. The molecular weight excluding hydrogens is 774 g/mol. The molecule has 0 radical (unpaired) electrons. The third-order valence-electron chi connectivity index (χ3n) is 11.8. The van der Waals surface area contributed by atoms with Crippen LogP contribution in [0.1, 0.15) is 38.8 Å². The van der Waals surface area contributed by atoms with Gasteiger partial charge in [-0.3, -0.25) is 14.7 Å². The van der Waals surface area contributed by atoms with Crippen molar-refractivity contribution in [2.75, 3.05) is 31.7 Å². The summed E-state index contributed by atoms with van der Waals surface area (Å²) in [6, 6.07) is 34.2. The van der Waals surface area contributed by atoms with Crippen LogP contribution < -0.4 is 25.2 Å². The molecule has 16 heteroatoms. The molecule has 0 spiro atoms. The summed E-state index contributed by atoms with van der Waals surface area (Å²) in [5.41, 5.74) is 0.00916. The van der Waals surface area contributed by atoms with Gasteiger partial charge in [0.05, 0.1) is 31.5 Å².